The van der Waals surface area contributed by atoms with E-state index in [9.17, 15) is 14.7 Å². The topological polar surface area (TPSA) is 86.3 Å². The molecule has 7 nitrogen and oxygen atoms in total. The molecule has 0 atom stereocenters. The number of fused-ring (bicyclic) bond motifs is 1. The van der Waals surface area contributed by atoms with E-state index >= 15 is 0 Å². The first-order valence-electron chi connectivity index (χ1n) is 9.11. The summed E-state index contributed by atoms with van der Waals surface area (Å²) in [6, 6.07) is 16.6. The molecule has 0 aromatic heterocycles. The van der Waals surface area contributed by atoms with Crippen LogP contribution in [0.15, 0.2) is 71.8 Å². The van der Waals surface area contributed by atoms with Crippen LogP contribution in [0.5, 0.6) is 5.75 Å². The van der Waals surface area contributed by atoms with E-state index in [1.165, 1.54) is 10.9 Å². The van der Waals surface area contributed by atoms with Gasteiger partial charge in [0.15, 0.2) is 0 Å². The third-order valence-electron chi connectivity index (χ3n) is 4.77. The number of carboxylic acids is 1. The molecule has 1 N–H and O–H groups in total. The molecule has 0 bridgehead atoms. The number of aromatic nitrogens is 3. The van der Waals surface area contributed by atoms with Gasteiger partial charge in [0.05, 0.1) is 18.4 Å². The molecule has 7 heteroatoms. The highest BCUT2D eigenvalue weighted by Crippen LogP contribution is 2.22. The van der Waals surface area contributed by atoms with Crippen molar-refractivity contribution in [2.45, 2.75) is 13.0 Å². The van der Waals surface area contributed by atoms with Gasteiger partial charge in [-0.1, -0.05) is 30.3 Å². The Morgan fingerprint density at radius 3 is 2.45 bits per heavy atom. The third kappa shape index (κ3) is 3.62. The number of ether oxygens (including phenoxy) is 1. The highest BCUT2D eigenvalue weighted by atomic mass is 16.5. The number of benzene rings is 2. The standard InChI is InChI=1S/C22H19N3O4/c1-29-17-9-7-15(8-10-17)11-12-24-13-18-20(19(14-24)22(27)28)23-25(21(18)26)16-5-3-2-4-6-16/h2-10,13-14H,11-12H2,1H3,(H,27,28). The molecular weight excluding hydrogens is 370 g/mol. The third-order valence-corrected chi connectivity index (χ3v) is 4.77. The Labute approximate surface area is 166 Å². The summed E-state index contributed by atoms with van der Waals surface area (Å²) in [6.45, 7) is 0.526. The molecule has 29 heavy (non-hydrogen) atoms. The Bertz CT molecular complexity index is 1180. The normalized spacial score (nSPS) is 10.9. The number of aryl methyl sites for hydroxylation is 2. The maximum Gasteiger partial charge on any atom is 0.339 e. The molecule has 2 aliphatic heterocycles. The summed E-state index contributed by atoms with van der Waals surface area (Å²) in [4.78, 5) is 24.7. The fourth-order valence-corrected chi connectivity index (χ4v) is 3.24. The molecule has 0 aliphatic carbocycles. The maximum atomic E-state index is 12.9. The van der Waals surface area contributed by atoms with Gasteiger partial charge in [-0.15, -0.1) is 0 Å². The van der Waals surface area contributed by atoms with Crippen LogP contribution in [0.25, 0.3) is 16.9 Å². The zero-order chi connectivity index (χ0) is 20.4. The van der Waals surface area contributed by atoms with Gasteiger partial charge in [-0.05, 0) is 36.2 Å². The molecule has 0 radical (unpaired) electrons. The predicted octanol–water partition coefficient (Wildman–Crippen LogP) is 3.09. The number of hydrogen-bond donors (Lipinski definition) is 1. The molecule has 0 amide bonds. The summed E-state index contributed by atoms with van der Waals surface area (Å²) in [5.41, 5.74) is 1.81. The SMILES string of the molecule is COc1ccc(CCn2cc(C(=O)O)c3nn(-c4ccccc4)c(=O)c-3c2)cc1. The Morgan fingerprint density at radius 2 is 1.79 bits per heavy atom. The van der Waals surface area contributed by atoms with Crippen LogP contribution in [0.4, 0.5) is 0 Å². The van der Waals surface area contributed by atoms with Crippen molar-refractivity contribution >= 4 is 5.97 Å². The molecule has 4 rings (SSSR count). The van der Waals surface area contributed by atoms with E-state index in [1.807, 2.05) is 30.3 Å². The maximum absolute atomic E-state index is 12.9. The van der Waals surface area contributed by atoms with Gasteiger partial charge in [0.25, 0.3) is 5.56 Å². The lowest BCUT2D eigenvalue weighted by atomic mass is 10.1. The van der Waals surface area contributed by atoms with Crippen LogP contribution in [0.2, 0.25) is 0 Å². The minimum atomic E-state index is -1.12. The zero-order valence-electron chi connectivity index (χ0n) is 15.8. The molecule has 2 aromatic carbocycles. The van der Waals surface area contributed by atoms with E-state index in [-0.39, 0.29) is 22.4 Å². The van der Waals surface area contributed by atoms with Gasteiger partial charge in [0, 0.05) is 18.9 Å². The average Bonchev–Trinajstić information content (AvgIpc) is 3.09. The number of hydrogen-bond acceptors (Lipinski definition) is 4. The van der Waals surface area contributed by atoms with Gasteiger partial charge in [0.2, 0.25) is 0 Å². The van der Waals surface area contributed by atoms with E-state index in [4.69, 9.17) is 4.74 Å². The first kappa shape index (κ1) is 18.5. The minimum Gasteiger partial charge on any atom is -0.497 e. The molecular formula is C22H19N3O4. The zero-order valence-corrected chi connectivity index (χ0v) is 15.8. The van der Waals surface area contributed by atoms with Crippen molar-refractivity contribution < 1.29 is 14.6 Å². The summed E-state index contributed by atoms with van der Waals surface area (Å²) in [7, 11) is 1.61. The van der Waals surface area contributed by atoms with E-state index in [0.29, 0.717) is 18.7 Å². The summed E-state index contributed by atoms with van der Waals surface area (Å²) < 4.78 is 8.13. The Kier molecular flexibility index (Phi) is 4.87. The number of aromatic carboxylic acids is 1. The molecule has 0 saturated heterocycles. The van der Waals surface area contributed by atoms with Gasteiger partial charge in [0.1, 0.15) is 17.0 Å². The van der Waals surface area contributed by atoms with Gasteiger partial charge < -0.3 is 14.4 Å². The number of nitrogens with zero attached hydrogens (tertiary/aromatic N) is 3. The molecule has 2 aliphatic rings. The number of pyridine rings is 1. The summed E-state index contributed by atoms with van der Waals surface area (Å²) in [5, 5.41) is 13.9. The quantitative estimate of drug-likeness (QED) is 0.548. The monoisotopic (exact) mass is 389 g/mol. The summed E-state index contributed by atoms with van der Waals surface area (Å²) in [6.07, 6.45) is 3.87. The summed E-state index contributed by atoms with van der Waals surface area (Å²) >= 11 is 0. The number of carbonyl (C=O) groups is 1. The van der Waals surface area contributed by atoms with Crippen molar-refractivity contribution in [3.63, 3.8) is 0 Å². The van der Waals surface area contributed by atoms with E-state index < -0.39 is 5.97 Å². The average molecular weight is 389 g/mol. The molecule has 146 valence electrons. The molecule has 2 aromatic rings. The van der Waals surface area contributed by atoms with Crippen molar-refractivity contribution in [2.75, 3.05) is 7.11 Å². The van der Waals surface area contributed by atoms with Crippen LogP contribution < -0.4 is 10.3 Å². The van der Waals surface area contributed by atoms with E-state index in [0.717, 1.165) is 11.3 Å². The first-order chi connectivity index (χ1) is 14.1. The van der Waals surface area contributed by atoms with Crippen molar-refractivity contribution in [1.29, 1.82) is 0 Å². The minimum absolute atomic E-state index is 0.00371. The lowest BCUT2D eigenvalue weighted by Gasteiger charge is -2.11. The lowest BCUT2D eigenvalue weighted by Crippen LogP contribution is -2.15. The smallest absolute Gasteiger partial charge is 0.339 e. The fourth-order valence-electron chi connectivity index (χ4n) is 3.24. The Morgan fingerprint density at radius 1 is 1.07 bits per heavy atom. The van der Waals surface area contributed by atoms with E-state index in [2.05, 4.69) is 5.10 Å². The van der Waals surface area contributed by atoms with Gasteiger partial charge in [-0.3, -0.25) is 4.79 Å². The highest BCUT2D eigenvalue weighted by molar-refractivity contribution is 5.94. The van der Waals surface area contributed by atoms with Crippen LogP contribution >= 0.6 is 0 Å². The molecule has 0 unspecified atom stereocenters. The lowest BCUT2D eigenvalue weighted by molar-refractivity contribution is 0.0696. The number of methoxy groups -OCH3 is 1. The van der Waals surface area contributed by atoms with Crippen LogP contribution in [0, 0.1) is 0 Å². The molecule has 2 heterocycles. The molecule has 0 saturated carbocycles. The second kappa shape index (κ2) is 7.63. The fraction of sp³-hybridized carbons (Fsp3) is 0.136. The Hall–Kier alpha value is -3.87. The number of carboxylic acid groups (broad SMARTS) is 1. The predicted molar refractivity (Wildman–Crippen MR) is 108 cm³/mol. The molecule has 0 spiro atoms. The van der Waals surface area contributed by atoms with Crippen LogP contribution in [-0.4, -0.2) is 32.5 Å². The van der Waals surface area contributed by atoms with Gasteiger partial charge >= 0.3 is 5.97 Å². The first-order valence-corrected chi connectivity index (χ1v) is 9.11. The van der Waals surface area contributed by atoms with Crippen LogP contribution in [0.3, 0.4) is 0 Å². The second-order valence-electron chi connectivity index (χ2n) is 6.63. The van der Waals surface area contributed by atoms with Gasteiger partial charge in [-0.2, -0.15) is 9.78 Å². The van der Waals surface area contributed by atoms with E-state index in [1.54, 1.807) is 42.1 Å². The largest absolute Gasteiger partial charge is 0.497 e. The van der Waals surface area contributed by atoms with Gasteiger partial charge in [-0.25, -0.2) is 4.79 Å². The number of rotatable bonds is 6. The van der Waals surface area contributed by atoms with Crippen molar-refractivity contribution in [3.05, 3.63) is 88.5 Å². The Balaban J connectivity index is 1.71. The van der Waals surface area contributed by atoms with Crippen molar-refractivity contribution in [1.82, 2.24) is 14.3 Å². The number of para-hydroxylation sites is 1. The second-order valence-corrected chi connectivity index (χ2v) is 6.63. The molecule has 0 fully saturated rings. The van der Waals surface area contributed by atoms with Crippen LogP contribution in [0.1, 0.15) is 15.9 Å². The highest BCUT2D eigenvalue weighted by Gasteiger charge is 2.24. The van der Waals surface area contributed by atoms with Crippen molar-refractivity contribution in [3.8, 4) is 22.7 Å². The summed E-state index contributed by atoms with van der Waals surface area (Å²) in [5.74, 6) is -0.341. The van der Waals surface area contributed by atoms with Crippen LogP contribution in [-0.2, 0) is 13.0 Å². The van der Waals surface area contributed by atoms with Crippen molar-refractivity contribution in [2.24, 2.45) is 0 Å².